The van der Waals surface area contributed by atoms with E-state index < -0.39 is 30.8 Å². The van der Waals surface area contributed by atoms with Crippen LogP contribution in [0.15, 0.2) is 65.3 Å². The standard InChI is InChI=1S/C21H23BN2O5/c1-24(2)21(26)19(14-8-4-3-5-9-14)20(25)23-18(22(27)28)12-15-13-29-17-11-7-6-10-16(15)17/h3-11,13,18-19,27-28H,12H2,1-2H3,(H,23,25)/t18-,19?/m0/s1. The summed E-state index contributed by atoms with van der Waals surface area (Å²) in [4.78, 5) is 27.0. The number of amides is 2. The minimum atomic E-state index is -1.81. The molecule has 0 radical (unpaired) electrons. The van der Waals surface area contributed by atoms with Gasteiger partial charge in [-0.2, -0.15) is 0 Å². The molecule has 3 rings (SSSR count). The van der Waals surface area contributed by atoms with Gasteiger partial charge in [0.25, 0.3) is 0 Å². The Morgan fingerprint density at radius 1 is 1.07 bits per heavy atom. The summed E-state index contributed by atoms with van der Waals surface area (Å²) >= 11 is 0. The van der Waals surface area contributed by atoms with Gasteiger partial charge in [-0.25, -0.2) is 0 Å². The number of rotatable bonds is 7. The smallest absolute Gasteiger partial charge is 0.464 e. The Hall–Kier alpha value is -3.10. The molecule has 2 amide bonds. The molecule has 8 heteroatoms. The lowest BCUT2D eigenvalue weighted by Gasteiger charge is -2.24. The first-order valence-corrected chi connectivity index (χ1v) is 9.26. The zero-order valence-electron chi connectivity index (χ0n) is 16.3. The fraction of sp³-hybridized carbons (Fsp3) is 0.238. The fourth-order valence-corrected chi connectivity index (χ4v) is 3.23. The number of para-hydroxylation sites is 1. The van der Waals surface area contributed by atoms with Gasteiger partial charge in [0.15, 0.2) is 0 Å². The van der Waals surface area contributed by atoms with Gasteiger partial charge in [0.2, 0.25) is 11.8 Å². The highest BCUT2D eigenvalue weighted by molar-refractivity contribution is 6.43. The maximum Gasteiger partial charge on any atom is 0.475 e. The van der Waals surface area contributed by atoms with E-state index in [9.17, 15) is 19.6 Å². The number of furan rings is 1. The van der Waals surface area contributed by atoms with Gasteiger partial charge in [-0.3, -0.25) is 9.59 Å². The molecule has 0 saturated carbocycles. The summed E-state index contributed by atoms with van der Waals surface area (Å²) in [6, 6.07) is 16.0. The van der Waals surface area contributed by atoms with Crippen molar-refractivity contribution in [3.8, 4) is 0 Å². The van der Waals surface area contributed by atoms with Crippen LogP contribution < -0.4 is 5.32 Å². The number of carbonyl (C=O) groups is 2. The molecule has 1 heterocycles. The molecule has 0 aliphatic rings. The molecular weight excluding hydrogens is 371 g/mol. The minimum Gasteiger partial charge on any atom is -0.464 e. The molecule has 0 saturated heterocycles. The van der Waals surface area contributed by atoms with Crippen LogP contribution in [0.5, 0.6) is 0 Å². The van der Waals surface area contributed by atoms with Crippen molar-refractivity contribution in [2.24, 2.45) is 0 Å². The summed E-state index contributed by atoms with van der Waals surface area (Å²) in [7, 11) is 1.33. The molecule has 3 aromatic rings. The average Bonchev–Trinajstić information content (AvgIpc) is 3.11. The maximum absolute atomic E-state index is 13.0. The maximum atomic E-state index is 13.0. The zero-order chi connectivity index (χ0) is 21.0. The Morgan fingerprint density at radius 2 is 1.72 bits per heavy atom. The quantitative estimate of drug-likeness (QED) is 0.415. The summed E-state index contributed by atoms with van der Waals surface area (Å²) in [6.07, 6.45) is 1.67. The van der Waals surface area contributed by atoms with E-state index in [1.807, 2.05) is 24.3 Å². The number of benzene rings is 2. The molecule has 7 nitrogen and oxygen atoms in total. The lowest BCUT2D eigenvalue weighted by atomic mass is 9.75. The van der Waals surface area contributed by atoms with Crippen LogP contribution in [-0.2, 0) is 16.0 Å². The van der Waals surface area contributed by atoms with Crippen LogP contribution in [0, 0.1) is 0 Å². The lowest BCUT2D eigenvalue weighted by molar-refractivity contribution is -0.136. The zero-order valence-corrected chi connectivity index (χ0v) is 16.3. The molecule has 2 aromatic carbocycles. The van der Waals surface area contributed by atoms with Gasteiger partial charge in [-0.05, 0) is 23.6 Å². The van der Waals surface area contributed by atoms with E-state index in [0.29, 0.717) is 11.1 Å². The normalized spacial score (nSPS) is 13.0. The first-order chi connectivity index (χ1) is 13.9. The van der Waals surface area contributed by atoms with Gasteiger partial charge in [0, 0.05) is 19.5 Å². The number of likely N-dealkylation sites (N-methyl/N-ethyl adjacent to an activating group) is 1. The monoisotopic (exact) mass is 394 g/mol. The molecule has 3 N–H and O–H groups in total. The number of nitrogens with one attached hydrogen (secondary N) is 1. The molecule has 150 valence electrons. The number of fused-ring (bicyclic) bond motifs is 1. The Bertz CT molecular complexity index is 987. The van der Waals surface area contributed by atoms with Crippen LogP contribution in [0.25, 0.3) is 11.0 Å². The van der Waals surface area contributed by atoms with Crippen LogP contribution >= 0.6 is 0 Å². The molecular formula is C21H23BN2O5. The predicted molar refractivity (Wildman–Crippen MR) is 110 cm³/mol. The summed E-state index contributed by atoms with van der Waals surface area (Å²) in [5.41, 5.74) is 1.93. The van der Waals surface area contributed by atoms with Gasteiger partial charge < -0.3 is 24.7 Å². The molecule has 1 unspecified atom stereocenters. The molecule has 2 atom stereocenters. The predicted octanol–water partition coefficient (Wildman–Crippen LogP) is 1.34. The van der Waals surface area contributed by atoms with Crippen LogP contribution in [0.3, 0.4) is 0 Å². The highest BCUT2D eigenvalue weighted by Gasteiger charge is 2.34. The Labute approximate surface area is 169 Å². The summed E-state index contributed by atoms with van der Waals surface area (Å²) < 4.78 is 5.48. The van der Waals surface area contributed by atoms with Crippen LogP contribution in [0.1, 0.15) is 17.0 Å². The molecule has 0 aliphatic heterocycles. The molecule has 0 spiro atoms. The highest BCUT2D eigenvalue weighted by atomic mass is 16.4. The summed E-state index contributed by atoms with van der Waals surface area (Å²) in [6.45, 7) is 0. The number of hydrogen-bond acceptors (Lipinski definition) is 5. The number of carbonyl (C=O) groups excluding carboxylic acids is 2. The van der Waals surface area contributed by atoms with E-state index in [-0.39, 0.29) is 6.42 Å². The van der Waals surface area contributed by atoms with E-state index in [4.69, 9.17) is 4.42 Å². The van der Waals surface area contributed by atoms with Crippen molar-refractivity contribution >= 4 is 29.9 Å². The Balaban J connectivity index is 1.84. The first kappa shape index (κ1) is 20.6. The van der Waals surface area contributed by atoms with Crippen molar-refractivity contribution in [1.29, 1.82) is 0 Å². The summed E-state index contributed by atoms with van der Waals surface area (Å²) in [5, 5.41) is 23.1. The third-order valence-corrected chi connectivity index (χ3v) is 4.77. The van der Waals surface area contributed by atoms with Gasteiger partial charge in [0.1, 0.15) is 11.5 Å². The van der Waals surface area contributed by atoms with E-state index in [1.165, 1.54) is 11.2 Å². The van der Waals surface area contributed by atoms with Gasteiger partial charge in [-0.1, -0.05) is 48.5 Å². The van der Waals surface area contributed by atoms with Crippen molar-refractivity contribution in [3.05, 3.63) is 72.0 Å². The second kappa shape index (κ2) is 8.94. The van der Waals surface area contributed by atoms with E-state index in [0.717, 1.165) is 10.9 Å². The van der Waals surface area contributed by atoms with Crippen molar-refractivity contribution in [2.75, 3.05) is 14.1 Å². The van der Waals surface area contributed by atoms with Crippen LogP contribution in [-0.4, -0.2) is 53.9 Å². The molecule has 0 fully saturated rings. The minimum absolute atomic E-state index is 0.137. The summed E-state index contributed by atoms with van der Waals surface area (Å²) in [5.74, 6) is -3.09. The first-order valence-electron chi connectivity index (χ1n) is 9.26. The lowest BCUT2D eigenvalue weighted by Crippen LogP contribution is -2.51. The Morgan fingerprint density at radius 3 is 2.38 bits per heavy atom. The Kier molecular flexibility index (Phi) is 6.36. The molecule has 1 aromatic heterocycles. The third kappa shape index (κ3) is 4.67. The average molecular weight is 394 g/mol. The van der Waals surface area contributed by atoms with E-state index in [1.54, 1.807) is 44.4 Å². The number of hydrogen-bond donors (Lipinski definition) is 3. The second-order valence-corrected chi connectivity index (χ2v) is 7.07. The second-order valence-electron chi connectivity index (χ2n) is 7.07. The van der Waals surface area contributed by atoms with Crippen molar-refractivity contribution < 1.29 is 24.1 Å². The van der Waals surface area contributed by atoms with Crippen LogP contribution in [0.4, 0.5) is 0 Å². The number of nitrogens with zero attached hydrogens (tertiary/aromatic N) is 1. The molecule has 29 heavy (non-hydrogen) atoms. The largest absolute Gasteiger partial charge is 0.475 e. The highest BCUT2D eigenvalue weighted by Crippen LogP contribution is 2.23. The molecule has 0 aliphatic carbocycles. The molecule has 0 bridgehead atoms. The fourth-order valence-electron chi connectivity index (χ4n) is 3.23. The van der Waals surface area contributed by atoms with Gasteiger partial charge in [-0.15, -0.1) is 0 Å². The van der Waals surface area contributed by atoms with Gasteiger partial charge >= 0.3 is 7.12 Å². The van der Waals surface area contributed by atoms with Crippen molar-refractivity contribution in [2.45, 2.75) is 18.3 Å². The van der Waals surface area contributed by atoms with E-state index >= 15 is 0 Å². The topological polar surface area (TPSA) is 103 Å². The van der Waals surface area contributed by atoms with Gasteiger partial charge in [0.05, 0.1) is 12.2 Å². The van der Waals surface area contributed by atoms with E-state index in [2.05, 4.69) is 5.32 Å². The van der Waals surface area contributed by atoms with Crippen molar-refractivity contribution in [1.82, 2.24) is 10.2 Å². The van der Waals surface area contributed by atoms with Crippen LogP contribution in [0.2, 0.25) is 0 Å². The third-order valence-electron chi connectivity index (χ3n) is 4.77. The van der Waals surface area contributed by atoms with Crippen molar-refractivity contribution in [3.63, 3.8) is 0 Å². The SMILES string of the molecule is CN(C)C(=O)C(C(=O)N[C@@H](Cc1coc2ccccc12)B(O)O)c1ccccc1.